The van der Waals surface area contributed by atoms with E-state index in [1.54, 1.807) is 24.3 Å². The van der Waals surface area contributed by atoms with Gasteiger partial charge >= 0.3 is 5.69 Å². The minimum absolute atomic E-state index is 0.333. The number of rotatable bonds is 0. The maximum atomic E-state index is 11.5. The van der Waals surface area contributed by atoms with E-state index >= 15 is 0 Å². The number of para-hydroxylation sites is 1. The van der Waals surface area contributed by atoms with E-state index < -0.39 is 17.0 Å². The molecule has 0 aliphatic carbocycles. The van der Waals surface area contributed by atoms with E-state index in [9.17, 15) is 9.90 Å². The van der Waals surface area contributed by atoms with Crippen LogP contribution in [0.15, 0.2) is 29.1 Å². The molecule has 0 saturated carbocycles. The number of nitrogens with zero attached hydrogens (tertiary/aromatic N) is 2. The van der Waals surface area contributed by atoms with Crippen molar-refractivity contribution in [3.8, 4) is 5.88 Å². The predicted molar refractivity (Wildman–Crippen MR) is 48.8 cm³/mol. The van der Waals surface area contributed by atoms with Crippen LogP contribution in [0.3, 0.4) is 0 Å². The molecule has 1 aromatic carbocycles. The lowest BCUT2D eigenvalue weighted by molar-refractivity contribution is -0.273. The van der Waals surface area contributed by atoms with Crippen LogP contribution in [-0.2, 0) is 0 Å². The van der Waals surface area contributed by atoms with Gasteiger partial charge in [0.05, 0.1) is 11.3 Å². The van der Waals surface area contributed by atoms with Crippen molar-refractivity contribution in [2.45, 2.75) is 0 Å². The van der Waals surface area contributed by atoms with Crippen LogP contribution in [0, 0.1) is 5.39 Å². The van der Waals surface area contributed by atoms with E-state index in [0.717, 1.165) is 0 Å². The quantitative estimate of drug-likeness (QED) is 0.626. The molecule has 0 spiro atoms. The van der Waals surface area contributed by atoms with Crippen molar-refractivity contribution >= 4 is 16.6 Å². The number of H-pyrrole nitrogens is 1. The fourth-order valence-electron chi connectivity index (χ4n) is 1.29. The third-order valence-electron chi connectivity index (χ3n) is 1.95. The molecule has 0 saturated heterocycles. The summed E-state index contributed by atoms with van der Waals surface area (Å²) in [5.41, 5.74) is -0.606. The SMILES string of the molecule is N#[N+]c1c([O-])[nH]c2ccccc2c1=O. The Hall–Kier alpha value is -2.35. The average molecular weight is 187 g/mol. The number of hydrogen-bond donors (Lipinski definition) is 1. The van der Waals surface area contributed by atoms with Gasteiger partial charge in [-0.1, -0.05) is 12.1 Å². The molecule has 0 unspecified atom stereocenters. The van der Waals surface area contributed by atoms with Crippen LogP contribution in [0.25, 0.3) is 15.9 Å². The highest BCUT2D eigenvalue weighted by molar-refractivity contribution is 5.83. The molecular weight excluding hydrogens is 182 g/mol. The Morgan fingerprint density at radius 2 is 2.07 bits per heavy atom. The second kappa shape index (κ2) is 2.85. The number of diazo groups is 1. The molecule has 2 rings (SSSR count). The lowest BCUT2D eigenvalue weighted by Gasteiger charge is -2.02. The number of aromatic amines is 1. The fraction of sp³-hybridized carbons (Fsp3) is 0. The van der Waals surface area contributed by atoms with E-state index in [1.165, 1.54) is 0 Å². The molecule has 0 fully saturated rings. The zero-order chi connectivity index (χ0) is 10.1. The molecule has 2 aromatic rings. The minimum Gasteiger partial charge on any atom is -0.855 e. The Bertz CT molecular complexity index is 595. The summed E-state index contributed by atoms with van der Waals surface area (Å²) >= 11 is 0. The lowest BCUT2D eigenvalue weighted by atomic mass is 10.2. The summed E-state index contributed by atoms with van der Waals surface area (Å²) in [5, 5.41) is 20.0. The van der Waals surface area contributed by atoms with Crippen LogP contribution >= 0.6 is 0 Å². The zero-order valence-electron chi connectivity index (χ0n) is 7.02. The van der Waals surface area contributed by atoms with E-state index in [-0.39, 0.29) is 0 Å². The first-order chi connectivity index (χ1) is 6.74. The molecule has 0 aliphatic rings. The smallest absolute Gasteiger partial charge is 0.440 e. The highest BCUT2D eigenvalue weighted by atomic mass is 16.3. The highest BCUT2D eigenvalue weighted by Gasteiger charge is 2.15. The van der Waals surface area contributed by atoms with Gasteiger partial charge in [-0.15, -0.1) is 0 Å². The standard InChI is InChI=1S/C9H5N3O2/c10-12-7-8(13)5-3-1-2-4-6(5)11-9(7)14/h1-4H,(H-,11,13,14). The average Bonchev–Trinajstić information content (AvgIpc) is 2.18. The molecule has 68 valence electrons. The van der Waals surface area contributed by atoms with Crippen LogP contribution in [0.1, 0.15) is 0 Å². The first-order valence-electron chi connectivity index (χ1n) is 3.91. The molecule has 1 N–H and O–H groups in total. The maximum absolute atomic E-state index is 11.5. The van der Waals surface area contributed by atoms with Crippen molar-refractivity contribution < 1.29 is 5.11 Å². The van der Waals surface area contributed by atoms with Gasteiger partial charge in [0.15, 0.2) is 4.98 Å². The van der Waals surface area contributed by atoms with Gasteiger partial charge in [0.1, 0.15) is 0 Å². The largest absolute Gasteiger partial charge is 0.855 e. The molecule has 14 heavy (non-hydrogen) atoms. The topological polar surface area (TPSA) is 84.1 Å². The number of nitrogens with one attached hydrogen (secondary N) is 1. The summed E-state index contributed by atoms with van der Waals surface area (Å²) in [6.45, 7) is 0. The second-order valence-electron chi connectivity index (χ2n) is 2.78. The Balaban J connectivity index is 3.03. The minimum atomic E-state index is -0.684. The van der Waals surface area contributed by atoms with Gasteiger partial charge in [0.25, 0.3) is 5.43 Å². The molecule has 0 aliphatic heterocycles. The Morgan fingerprint density at radius 1 is 1.36 bits per heavy atom. The molecule has 5 heteroatoms. The van der Waals surface area contributed by atoms with Crippen LogP contribution in [0.2, 0.25) is 0 Å². The maximum Gasteiger partial charge on any atom is 0.440 e. The normalized spacial score (nSPS) is 9.93. The molecule has 0 radical (unpaired) electrons. The fourth-order valence-corrected chi connectivity index (χ4v) is 1.29. The molecule has 1 aromatic heterocycles. The zero-order valence-corrected chi connectivity index (χ0v) is 7.02. The second-order valence-corrected chi connectivity index (χ2v) is 2.78. The van der Waals surface area contributed by atoms with Gasteiger partial charge in [-0.2, -0.15) is 0 Å². The van der Waals surface area contributed by atoms with E-state index in [4.69, 9.17) is 5.39 Å². The Labute approximate surface area is 78.2 Å². The van der Waals surface area contributed by atoms with Crippen LogP contribution in [0.4, 0.5) is 5.69 Å². The molecule has 0 amide bonds. The molecule has 0 bridgehead atoms. The van der Waals surface area contributed by atoms with Crippen molar-refractivity contribution in [2.24, 2.45) is 0 Å². The van der Waals surface area contributed by atoms with Crippen LogP contribution < -0.4 is 10.5 Å². The summed E-state index contributed by atoms with van der Waals surface area (Å²) in [5.74, 6) is -0.684. The highest BCUT2D eigenvalue weighted by Crippen LogP contribution is 2.19. The summed E-state index contributed by atoms with van der Waals surface area (Å²) in [6, 6.07) is 6.54. The summed E-state index contributed by atoms with van der Waals surface area (Å²) in [7, 11) is 0. The molecular formula is C9H5N3O2. The van der Waals surface area contributed by atoms with E-state index in [0.29, 0.717) is 10.9 Å². The van der Waals surface area contributed by atoms with Crippen molar-refractivity contribution in [1.82, 2.24) is 4.98 Å². The Kier molecular flexibility index (Phi) is 1.68. The molecule has 1 heterocycles. The number of pyridine rings is 1. The van der Waals surface area contributed by atoms with Crippen LogP contribution in [-0.4, -0.2) is 4.98 Å². The number of benzene rings is 1. The summed E-state index contributed by atoms with van der Waals surface area (Å²) in [6.07, 6.45) is 0. The summed E-state index contributed by atoms with van der Waals surface area (Å²) in [4.78, 5) is 16.6. The predicted octanol–water partition coefficient (Wildman–Crippen LogP) is 1.09. The summed E-state index contributed by atoms with van der Waals surface area (Å²) < 4.78 is 0. The van der Waals surface area contributed by atoms with Crippen molar-refractivity contribution in [3.05, 3.63) is 39.5 Å². The number of aromatic nitrogens is 1. The third-order valence-corrected chi connectivity index (χ3v) is 1.95. The van der Waals surface area contributed by atoms with Crippen molar-refractivity contribution in [2.75, 3.05) is 0 Å². The van der Waals surface area contributed by atoms with Crippen LogP contribution in [0.5, 0.6) is 5.88 Å². The number of fused-ring (bicyclic) bond motifs is 1. The molecule has 0 atom stereocenters. The van der Waals surface area contributed by atoms with Gasteiger partial charge in [-0.05, 0) is 12.1 Å². The van der Waals surface area contributed by atoms with Crippen molar-refractivity contribution in [1.29, 1.82) is 5.39 Å². The first kappa shape index (κ1) is 8.26. The van der Waals surface area contributed by atoms with Gasteiger partial charge in [-0.3, -0.25) is 4.79 Å². The third kappa shape index (κ3) is 1.02. The van der Waals surface area contributed by atoms with Gasteiger partial charge in [-0.25, -0.2) is 0 Å². The molecule has 5 nitrogen and oxygen atoms in total. The number of hydrogen-bond acceptors (Lipinski definition) is 3. The van der Waals surface area contributed by atoms with Gasteiger partial charge < -0.3 is 10.1 Å². The van der Waals surface area contributed by atoms with E-state index in [2.05, 4.69) is 9.96 Å². The van der Waals surface area contributed by atoms with Gasteiger partial charge in [0.2, 0.25) is 5.39 Å². The first-order valence-corrected chi connectivity index (χ1v) is 3.91. The Morgan fingerprint density at radius 3 is 2.79 bits per heavy atom. The lowest BCUT2D eigenvalue weighted by Crippen LogP contribution is -2.06. The monoisotopic (exact) mass is 187 g/mol. The van der Waals surface area contributed by atoms with Gasteiger partial charge in [0, 0.05) is 5.52 Å². The van der Waals surface area contributed by atoms with Crippen molar-refractivity contribution in [3.63, 3.8) is 0 Å². The van der Waals surface area contributed by atoms with E-state index in [1.807, 2.05) is 0 Å².